The number of ether oxygens (including phenoxy) is 3. The van der Waals surface area contributed by atoms with Gasteiger partial charge in [-0.05, 0) is 160 Å². The van der Waals surface area contributed by atoms with E-state index in [0.717, 1.165) is 94.9 Å². The van der Waals surface area contributed by atoms with Crippen LogP contribution in [0.3, 0.4) is 0 Å². The molecule has 0 aromatic heterocycles. The number of carboxylic acid groups (broad SMARTS) is 3. The number of fused-ring (bicyclic) bond motifs is 1. The van der Waals surface area contributed by atoms with Crippen LogP contribution >= 0.6 is 0 Å². The Hall–Kier alpha value is -5.63. The van der Waals surface area contributed by atoms with E-state index in [1.54, 1.807) is 14.2 Å². The summed E-state index contributed by atoms with van der Waals surface area (Å²) in [7, 11) is 3.31. The number of hydrogen-bond donors (Lipinski definition) is 7. The number of carbonyl (C=O) groups is 3. The van der Waals surface area contributed by atoms with Crippen LogP contribution in [0.15, 0.2) is 89.8 Å². The molecule has 3 aromatic rings. The fourth-order valence-corrected chi connectivity index (χ4v) is 11.0. The third kappa shape index (κ3) is 10.7. The molecule has 3 saturated heterocycles. The number of hydrogen-bond acceptors (Lipinski definition) is 10. The molecule has 5 heterocycles. The van der Waals surface area contributed by atoms with E-state index in [2.05, 4.69) is 45.5 Å². The summed E-state index contributed by atoms with van der Waals surface area (Å²) in [5, 5.41) is 44.7. The lowest BCUT2D eigenvalue weighted by molar-refractivity contribution is -0.144. The number of allylic oxidation sites excluding steroid dienone is 5. The van der Waals surface area contributed by atoms with Crippen LogP contribution in [0.25, 0.3) is 0 Å². The SMILES string of the molecule is COc1ccc(C[C@H](C(=O)O)[C@H]2CCNC2)cc1CC1=C(Cc2cc(C[C@H](C(=O)O)[C@H]3CCNC3)ccc2OC)C([C@@H]2CCOc3ccc(C[C@H](C(=O)O)[C@H]4CCNC4)cc32)=CC=CN1. The van der Waals surface area contributed by atoms with Gasteiger partial charge in [0, 0.05) is 41.8 Å². The molecule has 13 nitrogen and oxygen atoms in total. The van der Waals surface area contributed by atoms with Crippen LogP contribution in [0.5, 0.6) is 17.2 Å². The summed E-state index contributed by atoms with van der Waals surface area (Å²) in [6.07, 6.45) is 11.4. The van der Waals surface area contributed by atoms with Gasteiger partial charge in [-0.2, -0.15) is 0 Å². The summed E-state index contributed by atoms with van der Waals surface area (Å²) < 4.78 is 18.3. The van der Waals surface area contributed by atoms with Crippen molar-refractivity contribution in [3.8, 4) is 17.2 Å². The number of aliphatic carboxylic acids is 3. The minimum Gasteiger partial charge on any atom is -0.496 e. The predicted molar refractivity (Wildman–Crippen MR) is 247 cm³/mol. The van der Waals surface area contributed by atoms with Crippen molar-refractivity contribution in [2.45, 2.75) is 63.7 Å². The lowest BCUT2D eigenvalue weighted by Crippen LogP contribution is -2.27. The van der Waals surface area contributed by atoms with E-state index in [9.17, 15) is 29.7 Å². The zero-order valence-electron chi connectivity index (χ0n) is 37.6. The molecule has 5 aliphatic rings. The van der Waals surface area contributed by atoms with Gasteiger partial charge in [0.05, 0.1) is 38.6 Å². The van der Waals surface area contributed by atoms with Crippen molar-refractivity contribution < 1.29 is 43.9 Å². The van der Waals surface area contributed by atoms with Crippen LogP contribution in [0, 0.1) is 35.5 Å². The highest BCUT2D eigenvalue weighted by atomic mass is 16.5. The van der Waals surface area contributed by atoms with Crippen LogP contribution in [0.4, 0.5) is 0 Å². The Morgan fingerprint density at radius 1 is 0.662 bits per heavy atom. The molecular formula is C52H64N4O9. The summed E-state index contributed by atoms with van der Waals surface area (Å²) >= 11 is 0. The third-order valence-corrected chi connectivity index (χ3v) is 14.6. The summed E-state index contributed by atoms with van der Waals surface area (Å²) in [6, 6.07) is 18.2. The molecule has 7 N–H and O–H groups in total. The van der Waals surface area contributed by atoms with Crippen molar-refractivity contribution in [3.05, 3.63) is 123 Å². The smallest absolute Gasteiger partial charge is 0.307 e. The van der Waals surface area contributed by atoms with Crippen LogP contribution < -0.4 is 35.5 Å². The number of nitrogens with one attached hydrogen (secondary N) is 4. The fraction of sp³-hybridized carbons (Fsp3) is 0.481. The van der Waals surface area contributed by atoms with Crippen molar-refractivity contribution >= 4 is 17.9 Å². The highest BCUT2D eigenvalue weighted by Crippen LogP contribution is 2.45. The topological polar surface area (TPSA) is 188 Å². The second-order valence-electron chi connectivity index (χ2n) is 18.5. The maximum absolute atomic E-state index is 12.6. The van der Waals surface area contributed by atoms with Gasteiger partial charge in [-0.25, -0.2) is 0 Å². The maximum Gasteiger partial charge on any atom is 0.307 e. The van der Waals surface area contributed by atoms with Crippen molar-refractivity contribution in [1.29, 1.82) is 0 Å². The highest BCUT2D eigenvalue weighted by Gasteiger charge is 2.35. The fourth-order valence-electron chi connectivity index (χ4n) is 11.0. The predicted octanol–water partition coefficient (Wildman–Crippen LogP) is 5.91. The molecule has 0 amide bonds. The second kappa shape index (κ2) is 21.1. The first-order chi connectivity index (χ1) is 31.6. The summed E-state index contributed by atoms with van der Waals surface area (Å²) in [5.74, 6) is -1.66. The van der Waals surface area contributed by atoms with Crippen molar-refractivity contribution in [3.63, 3.8) is 0 Å². The first-order valence-corrected chi connectivity index (χ1v) is 23.3. The quantitative estimate of drug-likeness (QED) is 0.0754. The molecule has 65 heavy (non-hydrogen) atoms. The summed E-state index contributed by atoms with van der Waals surface area (Å²) in [6.45, 7) is 5.03. The molecule has 3 aromatic carbocycles. The van der Waals surface area contributed by atoms with Gasteiger partial charge in [-0.15, -0.1) is 0 Å². The molecule has 7 atom stereocenters. The van der Waals surface area contributed by atoms with E-state index in [4.69, 9.17) is 14.2 Å². The Bertz CT molecular complexity index is 2300. The largest absolute Gasteiger partial charge is 0.496 e. The Morgan fingerprint density at radius 3 is 1.63 bits per heavy atom. The molecule has 8 rings (SSSR count). The van der Waals surface area contributed by atoms with E-state index in [-0.39, 0.29) is 23.7 Å². The number of rotatable bonds is 19. The average Bonchev–Trinajstić information content (AvgIpc) is 4.13. The minimum absolute atomic E-state index is 0.0458. The van der Waals surface area contributed by atoms with Crippen molar-refractivity contribution in [2.75, 3.05) is 60.1 Å². The van der Waals surface area contributed by atoms with Gasteiger partial charge in [0.25, 0.3) is 0 Å². The zero-order chi connectivity index (χ0) is 45.5. The van der Waals surface area contributed by atoms with Crippen LogP contribution in [0.2, 0.25) is 0 Å². The molecule has 13 heteroatoms. The van der Waals surface area contributed by atoms with Gasteiger partial charge in [0.2, 0.25) is 0 Å². The Balaban J connectivity index is 1.20. The van der Waals surface area contributed by atoms with E-state index in [1.807, 2.05) is 48.7 Å². The van der Waals surface area contributed by atoms with Crippen LogP contribution in [-0.2, 0) is 46.5 Å². The number of benzene rings is 3. The van der Waals surface area contributed by atoms with Gasteiger partial charge < -0.3 is 50.8 Å². The molecule has 0 radical (unpaired) electrons. The molecule has 0 spiro atoms. The second-order valence-corrected chi connectivity index (χ2v) is 18.5. The van der Waals surface area contributed by atoms with Gasteiger partial charge in [-0.3, -0.25) is 14.4 Å². The van der Waals surface area contributed by atoms with Gasteiger partial charge >= 0.3 is 17.9 Å². The third-order valence-electron chi connectivity index (χ3n) is 14.6. The van der Waals surface area contributed by atoms with Gasteiger partial charge in [0.1, 0.15) is 17.2 Å². The molecule has 0 unspecified atom stereocenters. The molecule has 346 valence electrons. The Labute approximate surface area is 381 Å². The molecular weight excluding hydrogens is 825 g/mol. The Morgan fingerprint density at radius 2 is 1.15 bits per heavy atom. The first kappa shape index (κ1) is 45.9. The van der Waals surface area contributed by atoms with Crippen molar-refractivity contribution in [1.82, 2.24) is 21.3 Å². The molecule has 0 aliphatic carbocycles. The summed E-state index contributed by atoms with van der Waals surface area (Å²) in [4.78, 5) is 37.8. The van der Waals surface area contributed by atoms with Gasteiger partial charge in [-0.1, -0.05) is 42.5 Å². The standard InChI is InChI=1S/C52H64N4O9/c1-63-47-8-5-31(22-41(50(57)58)34-11-16-53-28-34)20-37(47)26-44-39(40-14-19-65-49-10-7-33(25-45(40)49)24-43(52(61)62)36-13-18-55-30-36)4-3-15-56-46(44)27-38-21-32(6-9-48(38)64-2)23-42(51(59)60)35-12-17-54-29-35/h3-10,15,20-21,25,34-36,40-43,53-56H,11-14,16-19,22-24,26-30H2,1-2H3,(H,57,58)(H,59,60)(H,61,62)/t34-,35-,36-,40-,41-,42-,43-/m0/s1. The lowest BCUT2D eigenvalue weighted by atomic mass is 9.78. The maximum atomic E-state index is 12.6. The highest BCUT2D eigenvalue weighted by molar-refractivity contribution is 5.72. The lowest BCUT2D eigenvalue weighted by Gasteiger charge is -2.31. The van der Waals surface area contributed by atoms with E-state index in [1.165, 1.54) is 0 Å². The summed E-state index contributed by atoms with van der Waals surface area (Å²) in [5.41, 5.74) is 8.73. The Kier molecular flexibility index (Phi) is 14.9. The molecule has 0 bridgehead atoms. The molecule has 3 fully saturated rings. The van der Waals surface area contributed by atoms with Crippen LogP contribution in [-0.4, -0.2) is 93.3 Å². The normalized spacial score (nSPS) is 23.1. The van der Waals surface area contributed by atoms with Gasteiger partial charge in [0.15, 0.2) is 0 Å². The number of carboxylic acids is 3. The van der Waals surface area contributed by atoms with E-state index in [0.29, 0.717) is 76.3 Å². The van der Waals surface area contributed by atoms with E-state index < -0.39 is 35.7 Å². The number of methoxy groups -OCH3 is 2. The van der Waals surface area contributed by atoms with Crippen LogP contribution in [0.1, 0.15) is 65.0 Å². The average molecular weight is 889 g/mol. The van der Waals surface area contributed by atoms with Crippen molar-refractivity contribution in [2.24, 2.45) is 35.5 Å². The molecule has 5 aliphatic heterocycles. The zero-order valence-corrected chi connectivity index (χ0v) is 37.6. The molecule has 0 saturated carbocycles. The monoisotopic (exact) mass is 888 g/mol. The first-order valence-electron chi connectivity index (χ1n) is 23.3. The van der Waals surface area contributed by atoms with E-state index >= 15 is 0 Å². The minimum atomic E-state index is -0.789.